The number of hydrogen-bond donors (Lipinski definition) is 0. The lowest BCUT2D eigenvalue weighted by molar-refractivity contribution is -0.137. The van der Waals surface area contributed by atoms with Crippen LogP contribution < -0.4 is 0 Å². The summed E-state index contributed by atoms with van der Waals surface area (Å²) in [4.78, 5) is 11.5. The van der Waals surface area contributed by atoms with E-state index < -0.39 is 0 Å². The maximum atomic E-state index is 11.5. The average molecular weight is 244 g/mol. The van der Waals surface area contributed by atoms with Crippen LogP contribution in [-0.2, 0) is 21.4 Å². The number of carbonyl (C=O) groups excluding carboxylic acids is 1. The van der Waals surface area contributed by atoms with Crippen LogP contribution >= 0.6 is 0 Å². The third kappa shape index (κ3) is 3.33. The van der Waals surface area contributed by atoms with Gasteiger partial charge in [0.05, 0.1) is 12.7 Å². The van der Waals surface area contributed by atoms with Crippen molar-refractivity contribution < 1.29 is 9.53 Å². The van der Waals surface area contributed by atoms with E-state index in [9.17, 15) is 4.79 Å². The van der Waals surface area contributed by atoms with Gasteiger partial charge in [-0.15, -0.1) is 0 Å². The molecule has 0 saturated heterocycles. The van der Waals surface area contributed by atoms with Crippen LogP contribution in [-0.4, -0.2) is 5.97 Å². The summed E-state index contributed by atoms with van der Waals surface area (Å²) in [6, 6.07) is 5.96. The average Bonchev–Trinajstić information content (AvgIpc) is 2.27. The first kappa shape index (κ1) is 14.2. The van der Waals surface area contributed by atoms with Crippen LogP contribution in [0.3, 0.4) is 0 Å². The highest BCUT2D eigenvalue weighted by molar-refractivity contribution is 5.75. The molecule has 0 aliphatic carbocycles. The second-order valence-corrected chi connectivity index (χ2v) is 5.17. The molecule has 0 saturated carbocycles. The normalized spacial score (nSPS) is 10.8. The number of hydrogen-bond acceptors (Lipinski definition) is 2. The topological polar surface area (TPSA) is 26.3 Å². The van der Waals surface area contributed by atoms with Gasteiger partial charge in [-0.3, -0.25) is 4.79 Å². The van der Waals surface area contributed by atoms with Gasteiger partial charge in [-0.2, -0.15) is 0 Å². The fourth-order valence-electron chi connectivity index (χ4n) is 1.95. The third-order valence-electron chi connectivity index (χ3n) is 2.76. The highest BCUT2D eigenvalue weighted by Gasteiger charge is 2.19. The van der Waals surface area contributed by atoms with Crippen molar-refractivity contribution in [1.29, 1.82) is 0 Å². The number of ether oxygens (including phenoxy) is 1. The van der Waals surface area contributed by atoms with E-state index in [0.29, 0.717) is 0 Å². The largest absolute Gasteiger partial charge is 0.435 e. The molecule has 1 aromatic rings. The number of carbonyl (C=O) groups is 1. The SMILES string of the molecule is C=COC(=O)Cc1cccc(C(C)(C)C)c1C=C. The molecule has 0 radical (unpaired) electrons. The van der Waals surface area contributed by atoms with E-state index in [1.807, 2.05) is 12.1 Å². The first-order chi connectivity index (χ1) is 8.40. The van der Waals surface area contributed by atoms with Crippen LogP contribution in [0.1, 0.15) is 37.5 Å². The monoisotopic (exact) mass is 244 g/mol. The van der Waals surface area contributed by atoms with E-state index in [4.69, 9.17) is 4.74 Å². The van der Waals surface area contributed by atoms with Gasteiger partial charge in [-0.1, -0.05) is 58.2 Å². The molecular weight excluding hydrogens is 224 g/mol. The Morgan fingerprint density at radius 1 is 1.33 bits per heavy atom. The summed E-state index contributed by atoms with van der Waals surface area (Å²) in [6.07, 6.45) is 3.19. The van der Waals surface area contributed by atoms with Crippen LogP contribution in [0.2, 0.25) is 0 Å². The Labute approximate surface area is 109 Å². The molecule has 0 bridgehead atoms. The molecule has 0 N–H and O–H groups in total. The maximum absolute atomic E-state index is 11.5. The summed E-state index contributed by atoms with van der Waals surface area (Å²) >= 11 is 0. The number of rotatable bonds is 4. The van der Waals surface area contributed by atoms with Crippen molar-refractivity contribution in [2.45, 2.75) is 32.6 Å². The summed E-state index contributed by atoms with van der Waals surface area (Å²) in [5, 5.41) is 0. The van der Waals surface area contributed by atoms with Gasteiger partial charge in [0.1, 0.15) is 0 Å². The fraction of sp³-hybridized carbons (Fsp3) is 0.312. The summed E-state index contributed by atoms with van der Waals surface area (Å²) in [5.41, 5.74) is 3.15. The minimum Gasteiger partial charge on any atom is -0.435 e. The first-order valence-corrected chi connectivity index (χ1v) is 5.95. The molecule has 0 spiro atoms. The van der Waals surface area contributed by atoms with Crippen molar-refractivity contribution in [3.8, 4) is 0 Å². The molecule has 96 valence electrons. The lowest BCUT2D eigenvalue weighted by Gasteiger charge is -2.23. The van der Waals surface area contributed by atoms with Gasteiger partial charge in [0, 0.05) is 0 Å². The van der Waals surface area contributed by atoms with Crippen molar-refractivity contribution >= 4 is 12.0 Å². The van der Waals surface area contributed by atoms with E-state index in [-0.39, 0.29) is 17.8 Å². The van der Waals surface area contributed by atoms with Gasteiger partial charge in [-0.25, -0.2) is 0 Å². The van der Waals surface area contributed by atoms with Crippen LogP contribution in [0.25, 0.3) is 6.08 Å². The highest BCUT2D eigenvalue weighted by Crippen LogP contribution is 2.29. The fourth-order valence-corrected chi connectivity index (χ4v) is 1.95. The van der Waals surface area contributed by atoms with Gasteiger partial charge in [0.2, 0.25) is 0 Å². The Morgan fingerprint density at radius 3 is 2.50 bits per heavy atom. The zero-order chi connectivity index (χ0) is 13.8. The smallest absolute Gasteiger partial charge is 0.315 e. The quantitative estimate of drug-likeness (QED) is 0.594. The second kappa shape index (κ2) is 5.67. The molecule has 0 atom stereocenters. The number of esters is 1. The van der Waals surface area contributed by atoms with Crippen molar-refractivity contribution in [3.05, 3.63) is 54.3 Å². The van der Waals surface area contributed by atoms with Crippen molar-refractivity contribution in [2.75, 3.05) is 0 Å². The lowest BCUT2D eigenvalue weighted by atomic mass is 9.81. The lowest BCUT2D eigenvalue weighted by Crippen LogP contribution is -2.15. The van der Waals surface area contributed by atoms with Gasteiger partial charge >= 0.3 is 5.97 Å². The van der Waals surface area contributed by atoms with Crippen molar-refractivity contribution in [1.82, 2.24) is 0 Å². The molecule has 0 heterocycles. The minimum absolute atomic E-state index is 0.0157. The molecular formula is C16H20O2. The molecule has 0 amide bonds. The van der Waals surface area contributed by atoms with E-state index in [0.717, 1.165) is 17.4 Å². The first-order valence-electron chi connectivity index (χ1n) is 5.95. The predicted octanol–water partition coefficient (Wildman–Crippen LogP) is 3.86. The maximum Gasteiger partial charge on any atom is 0.315 e. The second-order valence-electron chi connectivity index (χ2n) is 5.17. The molecule has 0 unspecified atom stereocenters. The van der Waals surface area contributed by atoms with E-state index in [1.165, 1.54) is 5.56 Å². The molecule has 1 rings (SSSR count). The summed E-state index contributed by atoms with van der Waals surface area (Å²) in [6.45, 7) is 13.6. The Morgan fingerprint density at radius 2 is 2.00 bits per heavy atom. The van der Waals surface area contributed by atoms with Gasteiger partial charge < -0.3 is 4.74 Å². The van der Waals surface area contributed by atoms with Crippen LogP contribution in [0.5, 0.6) is 0 Å². The van der Waals surface area contributed by atoms with E-state index >= 15 is 0 Å². The van der Waals surface area contributed by atoms with Crippen LogP contribution in [0, 0.1) is 0 Å². The molecule has 2 nitrogen and oxygen atoms in total. The summed E-state index contributed by atoms with van der Waals surface area (Å²) in [5.74, 6) is -0.306. The van der Waals surface area contributed by atoms with Crippen LogP contribution in [0.15, 0.2) is 37.6 Å². The standard InChI is InChI=1S/C16H20O2/c1-6-13-12(11-15(17)18-7-2)9-8-10-14(13)16(3,4)5/h6-10H,1-2,11H2,3-5H3. The van der Waals surface area contributed by atoms with Gasteiger partial charge in [0.25, 0.3) is 0 Å². The number of benzene rings is 1. The van der Waals surface area contributed by atoms with E-state index in [1.54, 1.807) is 6.08 Å². The summed E-state index contributed by atoms with van der Waals surface area (Å²) < 4.78 is 4.76. The molecule has 2 heteroatoms. The molecule has 0 aromatic heterocycles. The Balaban J connectivity index is 3.17. The minimum atomic E-state index is -0.306. The highest BCUT2D eigenvalue weighted by atomic mass is 16.5. The Bertz CT molecular complexity index is 464. The van der Waals surface area contributed by atoms with Crippen LogP contribution in [0.4, 0.5) is 0 Å². The Kier molecular flexibility index (Phi) is 4.49. The molecule has 0 fully saturated rings. The molecule has 0 aliphatic heterocycles. The van der Waals surface area contributed by atoms with Gasteiger partial charge in [0.15, 0.2) is 0 Å². The van der Waals surface area contributed by atoms with Crippen molar-refractivity contribution in [3.63, 3.8) is 0 Å². The zero-order valence-corrected chi connectivity index (χ0v) is 11.3. The molecule has 18 heavy (non-hydrogen) atoms. The zero-order valence-electron chi connectivity index (χ0n) is 11.3. The summed E-state index contributed by atoms with van der Waals surface area (Å²) in [7, 11) is 0. The predicted molar refractivity (Wildman–Crippen MR) is 75.2 cm³/mol. The van der Waals surface area contributed by atoms with E-state index in [2.05, 4.69) is 40.0 Å². The third-order valence-corrected chi connectivity index (χ3v) is 2.76. The Hall–Kier alpha value is -1.83. The molecule has 1 aromatic carbocycles. The molecule has 0 aliphatic rings. The van der Waals surface area contributed by atoms with Gasteiger partial charge in [-0.05, 0) is 22.1 Å². The van der Waals surface area contributed by atoms with Crippen molar-refractivity contribution in [2.24, 2.45) is 0 Å².